The van der Waals surface area contributed by atoms with E-state index in [0.717, 1.165) is 22.5 Å². The Morgan fingerprint density at radius 3 is 2.59 bits per heavy atom. The molecule has 0 aliphatic heterocycles. The highest BCUT2D eigenvalue weighted by molar-refractivity contribution is 6.08. The zero-order valence-corrected chi connectivity index (χ0v) is 14.8. The molecule has 0 fully saturated rings. The molecule has 1 N–H and O–H groups in total. The second-order valence-corrected chi connectivity index (χ2v) is 6.24. The van der Waals surface area contributed by atoms with Gasteiger partial charge in [0.15, 0.2) is 0 Å². The van der Waals surface area contributed by atoms with Crippen molar-refractivity contribution in [3.63, 3.8) is 0 Å². The lowest BCUT2D eigenvalue weighted by Gasteiger charge is -2.06. The second kappa shape index (κ2) is 7.25. The van der Waals surface area contributed by atoms with Gasteiger partial charge in [0.1, 0.15) is 5.69 Å². The number of aryl methyl sites for hydroxylation is 1. The van der Waals surface area contributed by atoms with Gasteiger partial charge in [-0.1, -0.05) is 30.3 Å². The molecule has 2 aromatic heterocycles. The number of hydrogen-bond acceptors (Lipinski definition) is 3. The van der Waals surface area contributed by atoms with Gasteiger partial charge in [0.25, 0.3) is 5.91 Å². The number of aromatic nitrogens is 3. The Morgan fingerprint density at radius 2 is 1.85 bits per heavy atom. The topological polar surface area (TPSA) is 59.8 Å². The molecule has 2 heterocycles. The van der Waals surface area contributed by atoms with Gasteiger partial charge >= 0.3 is 0 Å². The van der Waals surface area contributed by atoms with Gasteiger partial charge in [-0.2, -0.15) is 5.10 Å². The van der Waals surface area contributed by atoms with E-state index in [2.05, 4.69) is 15.4 Å². The summed E-state index contributed by atoms with van der Waals surface area (Å²) in [6.07, 6.45) is 5.16. The molecular formula is C22H18N4O. The lowest BCUT2D eigenvalue weighted by Crippen LogP contribution is -2.12. The summed E-state index contributed by atoms with van der Waals surface area (Å²) in [6, 6.07) is 21.2. The predicted molar refractivity (Wildman–Crippen MR) is 106 cm³/mol. The molecule has 0 atom stereocenters. The Labute approximate surface area is 157 Å². The molecule has 27 heavy (non-hydrogen) atoms. The van der Waals surface area contributed by atoms with Crippen LogP contribution in [0, 0.1) is 6.92 Å². The highest BCUT2D eigenvalue weighted by Crippen LogP contribution is 2.24. The fourth-order valence-electron chi connectivity index (χ4n) is 2.89. The molecule has 4 aromatic rings. The van der Waals surface area contributed by atoms with E-state index in [-0.39, 0.29) is 5.91 Å². The number of pyridine rings is 1. The number of hydrogen-bond donors (Lipinski definition) is 1. The summed E-state index contributed by atoms with van der Waals surface area (Å²) >= 11 is 0. The third kappa shape index (κ3) is 3.62. The molecule has 2 aromatic carbocycles. The first-order valence-corrected chi connectivity index (χ1v) is 8.64. The minimum Gasteiger partial charge on any atom is -0.322 e. The van der Waals surface area contributed by atoms with Crippen LogP contribution in [-0.2, 0) is 0 Å². The van der Waals surface area contributed by atoms with Crippen molar-refractivity contribution in [1.29, 1.82) is 0 Å². The monoisotopic (exact) mass is 354 g/mol. The zero-order valence-electron chi connectivity index (χ0n) is 14.8. The number of carbonyl (C=O) groups is 1. The van der Waals surface area contributed by atoms with Crippen molar-refractivity contribution in [2.75, 3.05) is 5.32 Å². The van der Waals surface area contributed by atoms with Gasteiger partial charge in [0.2, 0.25) is 0 Å². The summed E-state index contributed by atoms with van der Waals surface area (Å²) < 4.78 is 1.72. The van der Waals surface area contributed by atoms with Crippen LogP contribution in [0.25, 0.3) is 16.9 Å². The Hall–Kier alpha value is -3.73. The average molecular weight is 354 g/mol. The van der Waals surface area contributed by atoms with Crippen LogP contribution in [0.4, 0.5) is 5.69 Å². The molecule has 0 bridgehead atoms. The van der Waals surface area contributed by atoms with Gasteiger partial charge in [0, 0.05) is 29.8 Å². The number of rotatable bonds is 4. The summed E-state index contributed by atoms with van der Waals surface area (Å²) in [5.41, 5.74) is 4.61. The molecule has 4 rings (SSSR count). The standard InChI is InChI=1S/C22H18N4O/c1-16-7-5-9-18(13-16)24-22(27)20-15-26(19-10-3-2-4-11-19)25-21(20)17-8-6-12-23-14-17/h2-15H,1H3,(H,24,27). The summed E-state index contributed by atoms with van der Waals surface area (Å²) in [7, 11) is 0. The Kier molecular flexibility index (Phi) is 4.49. The third-order valence-electron chi connectivity index (χ3n) is 4.19. The van der Waals surface area contributed by atoms with E-state index in [9.17, 15) is 4.79 Å². The molecular weight excluding hydrogens is 336 g/mol. The maximum absolute atomic E-state index is 13.0. The number of nitrogens with one attached hydrogen (secondary N) is 1. The fraction of sp³-hybridized carbons (Fsp3) is 0.0455. The van der Waals surface area contributed by atoms with Crippen LogP contribution in [0.1, 0.15) is 15.9 Å². The summed E-state index contributed by atoms with van der Waals surface area (Å²) in [4.78, 5) is 17.1. The van der Waals surface area contributed by atoms with E-state index >= 15 is 0 Å². The summed E-state index contributed by atoms with van der Waals surface area (Å²) in [5.74, 6) is -0.207. The van der Waals surface area contributed by atoms with Crippen LogP contribution in [0.15, 0.2) is 85.3 Å². The van der Waals surface area contributed by atoms with Crippen LogP contribution in [0.3, 0.4) is 0 Å². The minimum absolute atomic E-state index is 0.207. The highest BCUT2D eigenvalue weighted by Gasteiger charge is 2.19. The number of amides is 1. The summed E-state index contributed by atoms with van der Waals surface area (Å²) in [5, 5.41) is 7.61. The van der Waals surface area contributed by atoms with Crippen LogP contribution in [0.2, 0.25) is 0 Å². The van der Waals surface area contributed by atoms with Crippen molar-refractivity contribution in [1.82, 2.24) is 14.8 Å². The lowest BCUT2D eigenvalue weighted by atomic mass is 10.1. The normalized spacial score (nSPS) is 10.6. The van der Waals surface area contributed by atoms with Gasteiger partial charge in [0.05, 0.1) is 11.3 Å². The molecule has 0 saturated heterocycles. The van der Waals surface area contributed by atoms with Crippen molar-refractivity contribution < 1.29 is 4.79 Å². The first-order chi connectivity index (χ1) is 13.2. The molecule has 132 valence electrons. The number of carbonyl (C=O) groups excluding carboxylic acids is 1. The minimum atomic E-state index is -0.207. The molecule has 0 unspecified atom stereocenters. The molecule has 5 nitrogen and oxygen atoms in total. The number of para-hydroxylation sites is 1. The zero-order chi connectivity index (χ0) is 18.6. The van der Waals surface area contributed by atoms with Crippen molar-refractivity contribution in [2.45, 2.75) is 6.92 Å². The Bertz CT molecular complexity index is 1070. The van der Waals surface area contributed by atoms with E-state index < -0.39 is 0 Å². The molecule has 0 saturated carbocycles. The third-order valence-corrected chi connectivity index (χ3v) is 4.19. The number of benzene rings is 2. The van der Waals surface area contributed by atoms with E-state index in [1.165, 1.54) is 0 Å². The summed E-state index contributed by atoms with van der Waals surface area (Å²) in [6.45, 7) is 1.99. The predicted octanol–water partition coefficient (Wildman–Crippen LogP) is 4.50. The molecule has 5 heteroatoms. The maximum atomic E-state index is 13.0. The SMILES string of the molecule is Cc1cccc(NC(=O)c2cn(-c3ccccc3)nc2-c2cccnc2)c1. The maximum Gasteiger partial charge on any atom is 0.259 e. The van der Waals surface area contributed by atoms with Gasteiger partial charge in [-0.15, -0.1) is 0 Å². The van der Waals surface area contributed by atoms with Gasteiger partial charge in [-0.05, 0) is 48.9 Å². The number of anilines is 1. The van der Waals surface area contributed by atoms with Gasteiger partial charge in [-0.25, -0.2) is 4.68 Å². The van der Waals surface area contributed by atoms with Crippen molar-refractivity contribution in [3.8, 4) is 16.9 Å². The Morgan fingerprint density at radius 1 is 1.00 bits per heavy atom. The second-order valence-electron chi connectivity index (χ2n) is 6.24. The molecule has 0 aliphatic rings. The molecule has 0 aliphatic carbocycles. The largest absolute Gasteiger partial charge is 0.322 e. The highest BCUT2D eigenvalue weighted by atomic mass is 16.1. The van der Waals surface area contributed by atoms with E-state index in [1.807, 2.05) is 73.7 Å². The quantitative estimate of drug-likeness (QED) is 0.587. The Balaban J connectivity index is 1.76. The van der Waals surface area contributed by atoms with E-state index in [0.29, 0.717) is 11.3 Å². The lowest BCUT2D eigenvalue weighted by molar-refractivity contribution is 0.102. The van der Waals surface area contributed by atoms with Crippen molar-refractivity contribution in [2.24, 2.45) is 0 Å². The fourth-order valence-corrected chi connectivity index (χ4v) is 2.89. The average Bonchev–Trinajstić information content (AvgIpc) is 3.15. The van der Waals surface area contributed by atoms with Crippen LogP contribution in [0.5, 0.6) is 0 Å². The van der Waals surface area contributed by atoms with E-state index in [1.54, 1.807) is 23.3 Å². The van der Waals surface area contributed by atoms with Crippen LogP contribution < -0.4 is 5.32 Å². The molecule has 1 amide bonds. The van der Waals surface area contributed by atoms with Gasteiger partial charge < -0.3 is 5.32 Å². The van der Waals surface area contributed by atoms with E-state index in [4.69, 9.17) is 0 Å². The van der Waals surface area contributed by atoms with Crippen LogP contribution >= 0.6 is 0 Å². The molecule has 0 radical (unpaired) electrons. The first kappa shape index (κ1) is 16.7. The first-order valence-electron chi connectivity index (χ1n) is 8.64. The van der Waals surface area contributed by atoms with Crippen molar-refractivity contribution >= 4 is 11.6 Å². The van der Waals surface area contributed by atoms with Crippen LogP contribution in [-0.4, -0.2) is 20.7 Å². The molecule has 0 spiro atoms. The smallest absolute Gasteiger partial charge is 0.259 e. The number of nitrogens with zero attached hydrogens (tertiary/aromatic N) is 3. The van der Waals surface area contributed by atoms with Gasteiger partial charge in [-0.3, -0.25) is 9.78 Å². The van der Waals surface area contributed by atoms with Crippen molar-refractivity contribution in [3.05, 3.63) is 96.4 Å².